The van der Waals surface area contributed by atoms with E-state index in [0.29, 0.717) is 12.1 Å². The molecule has 1 aliphatic rings. The Labute approximate surface area is 165 Å². The van der Waals surface area contributed by atoms with Crippen molar-refractivity contribution in [2.75, 3.05) is 6.54 Å². The van der Waals surface area contributed by atoms with E-state index < -0.39 is 11.2 Å². The quantitative estimate of drug-likeness (QED) is 0.553. The fraction of sp³-hybridized carbons (Fsp3) is 0.182. The number of fused-ring (bicyclic) bond motifs is 2. The van der Waals surface area contributed by atoms with E-state index in [4.69, 9.17) is 0 Å². The minimum Gasteiger partial charge on any atom is -0.332 e. The fourth-order valence-electron chi connectivity index (χ4n) is 4.20. The van der Waals surface area contributed by atoms with Crippen LogP contribution < -0.4 is 11.2 Å². The van der Waals surface area contributed by atoms with Crippen LogP contribution in [-0.2, 0) is 0 Å². The van der Waals surface area contributed by atoms with Crippen LogP contribution in [0.3, 0.4) is 0 Å². The van der Waals surface area contributed by atoms with Crippen molar-refractivity contribution in [3.63, 3.8) is 0 Å². The average Bonchev–Trinajstić information content (AvgIpc) is 3.22. The van der Waals surface area contributed by atoms with Gasteiger partial charge < -0.3 is 4.90 Å². The lowest BCUT2D eigenvalue weighted by atomic mass is 9.97. The van der Waals surface area contributed by atoms with Crippen LogP contribution in [0.2, 0.25) is 0 Å². The van der Waals surface area contributed by atoms with Gasteiger partial charge in [0.2, 0.25) is 0 Å². The monoisotopic (exact) mass is 386 g/mol. The van der Waals surface area contributed by atoms with Crippen LogP contribution >= 0.6 is 0 Å². The van der Waals surface area contributed by atoms with Crippen LogP contribution in [0, 0.1) is 0 Å². The van der Waals surface area contributed by atoms with Gasteiger partial charge in [0.25, 0.3) is 11.5 Å². The second-order valence-corrected chi connectivity index (χ2v) is 7.25. The first-order valence-corrected chi connectivity index (χ1v) is 9.53. The normalized spacial score (nSPS) is 16.6. The Bertz CT molecular complexity index is 1370. The van der Waals surface area contributed by atoms with Crippen molar-refractivity contribution in [1.29, 1.82) is 0 Å². The van der Waals surface area contributed by atoms with E-state index >= 15 is 0 Å². The van der Waals surface area contributed by atoms with Crippen molar-refractivity contribution in [2.24, 2.45) is 0 Å². The molecule has 0 saturated carbocycles. The summed E-state index contributed by atoms with van der Waals surface area (Å²) < 4.78 is 0. The molecule has 1 saturated heterocycles. The molecule has 5 rings (SSSR count). The van der Waals surface area contributed by atoms with Gasteiger partial charge in [-0.05, 0) is 35.2 Å². The Balaban J connectivity index is 1.56. The summed E-state index contributed by atoms with van der Waals surface area (Å²) in [5.74, 6) is -0.166. The van der Waals surface area contributed by atoms with Crippen molar-refractivity contribution < 1.29 is 4.79 Å². The molecule has 2 N–H and O–H groups in total. The van der Waals surface area contributed by atoms with E-state index in [-0.39, 0.29) is 23.0 Å². The van der Waals surface area contributed by atoms with Gasteiger partial charge in [-0.25, -0.2) is 9.78 Å². The number of hydrogen-bond acceptors (Lipinski definition) is 4. The number of carbonyl (C=O) groups is 1. The molecule has 1 aliphatic heterocycles. The zero-order valence-corrected chi connectivity index (χ0v) is 15.5. The van der Waals surface area contributed by atoms with Gasteiger partial charge in [-0.15, -0.1) is 0 Å². The van der Waals surface area contributed by atoms with Gasteiger partial charge in [-0.3, -0.25) is 19.6 Å². The Morgan fingerprint density at radius 1 is 1.03 bits per heavy atom. The molecule has 29 heavy (non-hydrogen) atoms. The molecular weight excluding hydrogens is 368 g/mol. The molecule has 0 aliphatic carbocycles. The number of carbonyl (C=O) groups excluding carboxylic acids is 1. The third kappa shape index (κ3) is 2.91. The van der Waals surface area contributed by atoms with Gasteiger partial charge in [0.05, 0.1) is 17.0 Å². The highest BCUT2D eigenvalue weighted by Gasteiger charge is 2.31. The second-order valence-electron chi connectivity index (χ2n) is 7.25. The molecule has 2 aromatic heterocycles. The number of rotatable bonds is 2. The van der Waals surface area contributed by atoms with E-state index in [1.54, 1.807) is 0 Å². The first kappa shape index (κ1) is 17.4. The lowest BCUT2D eigenvalue weighted by Gasteiger charge is -2.26. The molecule has 0 bridgehead atoms. The third-order valence-electron chi connectivity index (χ3n) is 5.53. The number of benzene rings is 2. The SMILES string of the molecule is O=C(c1cnc2[nH]c(=O)[nH]c(=O)c2c1)N1CCCC1c1cccc2ccccc12. The smallest absolute Gasteiger partial charge is 0.327 e. The van der Waals surface area contributed by atoms with Crippen molar-refractivity contribution in [3.05, 3.63) is 86.7 Å². The van der Waals surface area contributed by atoms with Gasteiger partial charge >= 0.3 is 5.69 Å². The summed E-state index contributed by atoms with van der Waals surface area (Å²) in [6.07, 6.45) is 3.21. The maximum absolute atomic E-state index is 13.3. The van der Waals surface area contributed by atoms with Crippen molar-refractivity contribution in [3.8, 4) is 0 Å². The summed E-state index contributed by atoms with van der Waals surface area (Å²) in [4.78, 5) is 47.4. The number of amides is 1. The minimum absolute atomic E-state index is 0.0295. The van der Waals surface area contributed by atoms with E-state index in [1.807, 2.05) is 23.1 Å². The summed E-state index contributed by atoms with van der Waals surface area (Å²) in [6, 6.07) is 15.8. The summed E-state index contributed by atoms with van der Waals surface area (Å²) in [5, 5.41) is 2.48. The van der Waals surface area contributed by atoms with Crippen LogP contribution in [0.4, 0.5) is 0 Å². The summed E-state index contributed by atoms with van der Waals surface area (Å²) in [5.41, 5.74) is 0.456. The maximum Gasteiger partial charge on any atom is 0.327 e. The van der Waals surface area contributed by atoms with Crippen LogP contribution in [0.5, 0.6) is 0 Å². The maximum atomic E-state index is 13.3. The zero-order valence-electron chi connectivity index (χ0n) is 15.5. The topological polar surface area (TPSA) is 98.9 Å². The number of likely N-dealkylation sites (tertiary alicyclic amines) is 1. The number of pyridine rings is 1. The second kappa shape index (κ2) is 6.70. The standard InChI is InChI=1S/C22H18N4O3/c27-20-17-11-14(12-23-19(17)24-22(29)25-20)21(28)26-10-4-9-18(26)16-8-3-6-13-5-1-2-7-15(13)16/h1-3,5-8,11-12,18H,4,9-10H2,(H2,23,24,25,27,29). The van der Waals surface area contributed by atoms with Gasteiger partial charge in [0, 0.05) is 12.7 Å². The lowest BCUT2D eigenvalue weighted by Crippen LogP contribution is -2.31. The molecule has 1 atom stereocenters. The number of hydrogen-bond donors (Lipinski definition) is 2. The van der Waals surface area contributed by atoms with E-state index in [2.05, 4.69) is 39.2 Å². The Kier molecular flexibility index (Phi) is 4.01. The molecular formula is C22H18N4O3. The predicted octanol–water partition coefficient (Wildman–Crippen LogP) is 2.74. The van der Waals surface area contributed by atoms with Crippen molar-refractivity contribution >= 4 is 27.7 Å². The zero-order chi connectivity index (χ0) is 20.0. The highest BCUT2D eigenvalue weighted by atomic mass is 16.2. The van der Waals surface area contributed by atoms with Gasteiger partial charge in [-0.2, -0.15) is 0 Å². The number of nitrogens with one attached hydrogen (secondary N) is 2. The average molecular weight is 386 g/mol. The predicted molar refractivity (Wildman–Crippen MR) is 110 cm³/mol. The molecule has 144 valence electrons. The van der Waals surface area contributed by atoms with E-state index in [1.165, 1.54) is 12.3 Å². The molecule has 7 heteroatoms. The Morgan fingerprint density at radius 3 is 2.76 bits per heavy atom. The van der Waals surface area contributed by atoms with E-state index in [9.17, 15) is 14.4 Å². The van der Waals surface area contributed by atoms with Crippen LogP contribution in [0.1, 0.15) is 34.8 Å². The number of aromatic nitrogens is 3. The molecule has 1 unspecified atom stereocenters. The fourth-order valence-corrected chi connectivity index (χ4v) is 4.20. The van der Waals surface area contributed by atoms with Crippen molar-refractivity contribution in [1.82, 2.24) is 19.9 Å². The highest BCUT2D eigenvalue weighted by Crippen LogP contribution is 2.36. The molecule has 7 nitrogen and oxygen atoms in total. The molecule has 1 amide bonds. The van der Waals surface area contributed by atoms with Crippen LogP contribution in [-0.4, -0.2) is 32.3 Å². The highest BCUT2D eigenvalue weighted by molar-refractivity contribution is 5.97. The van der Waals surface area contributed by atoms with Gasteiger partial charge in [0.15, 0.2) is 0 Å². The summed E-state index contributed by atoms with van der Waals surface area (Å²) in [6.45, 7) is 0.646. The third-order valence-corrected chi connectivity index (χ3v) is 5.53. The van der Waals surface area contributed by atoms with Crippen molar-refractivity contribution in [2.45, 2.75) is 18.9 Å². The molecule has 4 aromatic rings. The van der Waals surface area contributed by atoms with Crippen LogP contribution in [0.15, 0.2) is 64.3 Å². The van der Waals surface area contributed by atoms with E-state index in [0.717, 1.165) is 29.2 Å². The summed E-state index contributed by atoms with van der Waals surface area (Å²) in [7, 11) is 0. The molecule has 1 fully saturated rings. The number of nitrogens with zero attached hydrogens (tertiary/aromatic N) is 2. The van der Waals surface area contributed by atoms with Gasteiger partial charge in [-0.1, -0.05) is 42.5 Å². The molecule has 2 aromatic carbocycles. The van der Waals surface area contributed by atoms with Gasteiger partial charge in [0.1, 0.15) is 5.65 Å². The first-order valence-electron chi connectivity index (χ1n) is 9.53. The number of H-pyrrole nitrogens is 2. The minimum atomic E-state index is -0.621. The first-order chi connectivity index (χ1) is 14.1. The molecule has 0 spiro atoms. The van der Waals surface area contributed by atoms with Crippen LogP contribution in [0.25, 0.3) is 21.8 Å². The lowest BCUT2D eigenvalue weighted by molar-refractivity contribution is 0.0736. The molecule has 0 radical (unpaired) electrons. The largest absolute Gasteiger partial charge is 0.332 e. The Hall–Kier alpha value is -3.74. The molecule has 3 heterocycles. The number of aromatic amines is 2. The summed E-state index contributed by atoms with van der Waals surface area (Å²) >= 11 is 0. The Morgan fingerprint density at radius 2 is 1.86 bits per heavy atom.